The van der Waals surface area contributed by atoms with Crippen LogP contribution in [0.4, 0.5) is 5.69 Å². The molecule has 0 amide bonds. The lowest BCUT2D eigenvalue weighted by Crippen LogP contribution is -1.99. The number of hydrogen-bond donors (Lipinski definition) is 1. The number of nitrogens with zero attached hydrogens (tertiary/aromatic N) is 4. The van der Waals surface area contributed by atoms with Crippen LogP contribution in [0.1, 0.15) is 30.0 Å². The van der Waals surface area contributed by atoms with Gasteiger partial charge in [0.1, 0.15) is 12.3 Å². The Morgan fingerprint density at radius 1 is 1.29 bits per heavy atom. The quantitative estimate of drug-likeness (QED) is 0.793. The Balaban J connectivity index is 1.53. The van der Waals surface area contributed by atoms with Gasteiger partial charge in [-0.1, -0.05) is 6.07 Å². The molecule has 106 valence electrons. The summed E-state index contributed by atoms with van der Waals surface area (Å²) in [5.74, 6) is 1.14. The van der Waals surface area contributed by atoms with E-state index in [4.69, 9.17) is 10.5 Å². The molecular formula is C15H15N5O. The zero-order chi connectivity index (χ0) is 14.2. The molecule has 0 unspecified atom stereocenters. The number of hydrogen-bond acceptors (Lipinski definition) is 5. The zero-order valence-electron chi connectivity index (χ0n) is 11.4. The lowest BCUT2D eigenvalue weighted by atomic mass is 10.2. The molecule has 4 rings (SSSR count). The van der Waals surface area contributed by atoms with Crippen molar-refractivity contribution >= 4 is 11.3 Å². The summed E-state index contributed by atoms with van der Waals surface area (Å²) in [6.07, 6.45) is 8.22. The molecule has 21 heavy (non-hydrogen) atoms. The summed E-state index contributed by atoms with van der Waals surface area (Å²) in [6, 6.07) is 5.86. The Labute approximate surface area is 121 Å². The van der Waals surface area contributed by atoms with E-state index in [2.05, 4.69) is 37.9 Å². The molecule has 6 heteroatoms. The van der Waals surface area contributed by atoms with Crippen molar-refractivity contribution in [2.24, 2.45) is 0 Å². The third-order valence-electron chi connectivity index (χ3n) is 3.59. The minimum Gasteiger partial charge on any atom is -0.470 e. The molecule has 0 bridgehead atoms. The number of anilines is 1. The molecule has 0 radical (unpaired) electrons. The molecule has 6 nitrogen and oxygen atoms in total. The molecule has 0 aliphatic heterocycles. The third kappa shape index (κ3) is 2.52. The van der Waals surface area contributed by atoms with E-state index in [1.165, 1.54) is 24.6 Å². The van der Waals surface area contributed by atoms with E-state index >= 15 is 0 Å². The van der Waals surface area contributed by atoms with Crippen molar-refractivity contribution in [3.63, 3.8) is 0 Å². The minimum atomic E-state index is 0.346. The highest BCUT2D eigenvalue weighted by molar-refractivity contribution is 5.43. The first-order valence-electron chi connectivity index (χ1n) is 6.96. The van der Waals surface area contributed by atoms with Crippen molar-refractivity contribution < 1.29 is 4.74 Å². The van der Waals surface area contributed by atoms with Gasteiger partial charge in [-0.25, -0.2) is 4.98 Å². The summed E-state index contributed by atoms with van der Waals surface area (Å²) in [4.78, 5) is 4.53. The topological polar surface area (TPSA) is 78.3 Å². The molecule has 1 aliphatic carbocycles. The van der Waals surface area contributed by atoms with Gasteiger partial charge in [0.05, 0.1) is 17.6 Å². The summed E-state index contributed by atoms with van der Waals surface area (Å²) in [7, 11) is 0. The van der Waals surface area contributed by atoms with Gasteiger partial charge in [-0.05, 0) is 30.4 Å². The maximum Gasteiger partial charge on any atom is 0.235 e. The van der Waals surface area contributed by atoms with Crippen LogP contribution >= 0.6 is 0 Å². The number of nitrogens with two attached hydrogens (primary N) is 1. The van der Waals surface area contributed by atoms with E-state index in [1.54, 1.807) is 6.07 Å². The van der Waals surface area contributed by atoms with E-state index in [0.717, 1.165) is 17.3 Å². The number of rotatable bonds is 4. The SMILES string of the molecule is Nc1cnnc(OCc2cn3cc(C4CC4)ccc3n2)c1. The normalized spacial score (nSPS) is 14.5. The maximum absolute atomic E-state index is 5.64. The Morgan fingerprint density at radius 2 is 2.19 bits per heavy atom. The largest absolute Gasteiger partial charge is 0.470 e. The average Bonchev–Trinajstić information content (AvgIpc) is 3.25. The van der Waals surface area contributed by atoms with Crippen LogP contribution < -0.4 is 10.5 Å². The first-order chi connectivity index (χ1) is 10.3. The molecule has 0 spiro atoms. The molecule has 3 aromatic rings. The summed E-state index contributed by atoms with van der Waals surface area (Å²) in [5.41, 5.74) is 9.33. The zero-order valence-corrected chi connectivity index (χ0v) is 11.4. The average molecular weight is 281 g/mol. The first-order valence-corrected chi connectivity index (χ1v) is 6.96. The Kier molecular flexibility index (Phi) is 2.73. The van der Waals surface area contributed by atoms with Crippen molar-refractivity contribution in [3.8, 4) is 5.88 Å². The van der Waals surface area contributed by atoms with E-state index in [9.17, 15) is 0 Å². The van der Waals surface area contributed by atoms with Crippen LogP contribution in [0.2, 0.25) is 0 Å². The molecule has 0 aromatic carbocycles. The maximum atomic E-state index is 5.64. The van der Waals surface area contributed by atoms with Crippen LogP contribution in [0.5, 0.6) is 5.88 Å². The molecule has 3 aromatic heterocycles. The fourth-order valence-electron chi connectivity index (χ4n) is 2.37. The smallest absolute Gasteiger partial charge is 0.235 e. The van der Waals surface area contributed by atoms with Crippen molar-refractivity contribution in [1.82, 2.24) is 19.6 Å². The van der Waals surface area contributed by atoms with Crippen LogP contribution in [0.3, 0.4) is 0 Å². The van der Waals surface area contributed by atoms with E-state index in [0.29, 0.717) is 18.2 Å². The van der Waals surface area contributed by atoms with Crippen LogP contribution in [-0.2, 0) is 6.61 Å². The number of pyridine rings is 1. The summed E-state index contributed by atoms with van der Waals surface area (Å²) in [6.45, 7) is 0.346. The molecule has 0 saturated heterocycles. The van der Waals surface area contributed by atoms with Crippen molar-refractivity contribution in [2.45, 2.75) is 25.4 Å². The van der Waals surface area contributed by atoms with E-state index in [1.807, 2.05) is 6.20 Å². The fraction of sp³-hybridized carbons (Fsp3) is 0.267. The van der Waals surface area contributed by atoms with Gasteiger partial charge < -0.3 is 14.9 Å². The lowest BCUT2D eigenvalue weighted by molar-refractivity contribution is 0.286. The van der Waals surface area contributed by atoms with E-state index < -0.39 is 0 Å². The molecule has 2 N–H and O–H groups in total. The van der Waals surface area contributed by atoms with Gasteiger partial charge in [-0.3, -0.25) is 0 Å². The standard InChI is InChI=1S/C15H15N5O/c16-12-5-15(19-17-6-12)21-9-13-8-20-7-11(10-1-2-10)3-4-14(20)18-13/h3-8,10H,1-2,9H2,(H2,16,19). The van der Waals surface area contributed by atoms with Crippen LogP contribution in [-0.4, -0.2) is 19.6 Å². The van der Waals surface area contributed by atoms with Gasteiger partial charge in [-0.2, -0.15) is 5.10 Å². The lowest BCUT2D eigenvalue weighted by Gasteiger charge is -2.01. The highest BCUT2D eigenvalue weighted by atomic mass is 16.5. The molecule has 1 aliphatic rings. The molecule has 0 atom stereocenters. The van der Waals surface area contributed by atoms with Gasteiger partial charge in [0, 0.05) is 18.5 Å². The van der Waals surface area contributed by atoms with Crippen LogP contribution in [0, 0.1) is 0 Å². The highest BCUT2D eigenvalue weighted by Crippen LogP contribution is 2.39. The summed E-state index contributed by atoms with van der Waals surface area (Å²) < 4.78 is 7.62. The number of nitrogen functional groups attached to an aromatic ring is 1. The van der Waals surface area contributed by atoms with E-state index in [-0.39, 0.29) is 0 Å². The first kappa shape index (κ1) is 12.1. The number of aromatic nitrogens is 4. The predicted octanol–water partition coefficient (Wildman–Crippen LogP) is 2.16. The molecular weight excluding hydrogens is 266 g/mol. The van der Waals surface area contributed by atoms with Crippen LogP contribution in [0.15, 0.2) is 36.8 Å². The molecule has 1 fully saturated rings. The second kappa shape index (κ2) is 4.73. The fourth-order valence-corrected chi connectivity index (χ4v) is 2.37. The Hall–Kier alpha value is -2.63. The van der Waals surface area contributed by atoms with Crippen molar-refractivity contribution in [1.29, 1.82) is 0 Å². The molecule has 3 heterocycles. The third-order valence-corrected chi connectivity index (χ3v) is 3.59. The summed E-state index contributed by atoms with van der Waals surface area (Å²) in [5, 5.41) is 7.62. The summed E-state index contributed by atoms with van der Waals surface area (Å²) >= 11 is 0. The van der Waals surface area contributed by atoms with Crippen molar-refractivity contribution in [2.75, 3.05) is 5.73 Å². The van der Waals surface area contributed by atoms with Crippen LogP contribution in [0.25, 0.3) is 5.65 Å². The van der Waals surface area contributed by atoms with Gasteiger partial charge in [0.15, 0.2) is 0 Å². The Bertz CT molecular complexity index is 794. The number of imidazole rings is 1. The van der Waals surface area contributed by atoms with Gasteiger partial charge in [-0.15, -0.1) is 5.10 Å². The second-order valence-electron chi connectivity index (χ2n) is 5.35. The Morgan fingerprint density at radius 3 is 3.00 bits per heavy atom. The van der Waals surface area contributed by atoms with Gasteiger partial charge >= 0.3 is 0 Å². The number of fused-ring (bicyclic) bond motifs is 1. The second-order valence-corrected chi connectivity index (χ2v) is 5.35. The number of ether oxygens (including phenoxy) is 1. The van der Waals surface area contributed by atoms with Crippen molar-refractivity contribution in [3.05, 3.63) is 48.0 Å². The molecule has 1 saturated carbocycles. The monoisotopic (exact) mass is 281 g/mol. The minimum absolute atomic E-state index is 0.346. The predicted molar refractivity (Wildman–Crippen MR) is 77.9 cm³/mol. The van der Waals surface area contributed by atoms with Gasteiger partial charge in [0.25, 0.3) is 0 Å². The van der Waals surface area contributed by atoms with Gasteiger partial charge in [0.2, 0.25) is 5.88 Å². The highest BCUT2D eigenvalue weighted by Gasteiger charge is 2.23.